The van der Waals surface area contributed by atoms with Gasteiger partial charge in [0.2, 0.25) is 5.88 Å². The SMILES string of the molecule is COc1ccc([C@@H]2COCCN2)cn1.Cl. The number of nitrogens with zero attached hydrogens (tertiary/aromatic N) is 1. The van der Waals surface area contributed by atoms with Crippen molar-refractivity contribution in [3.05, 3.63) is 23.9 Å². The third-order valence-electron chi connectivity index (χ3n) is 2.29. The normalized spacial score (nSPS) is 20.5. The largest absolute Gasteiger partial charge is 0.481 e. The van der Waals surface area contributed by atoms with Gasteiger partial charge in [-0.05, 0) is 5.56 Å². The van der Waals surface area contributed by atoms with Gasteiger partial charge < -0.3 is 14.8 Å². The topological polar surface area (TPSA) is 43.4 Å². The van der Waals surface area contributed by atoms with Crippen LogP contribution in [0, 0.1) is 0 Å². The number of aromatic nitrogens is 1. The molecule has 2 rings (SSSR count). The maximum atomic E-state index is 5.37. The van der Waals surface area contributed by atoms with Gasteiger partial charge in [-0.25, -0.2) is 4.98 Å². The first-order valence-corrected chi connectivity index (χ1v) is 4.71. The molecule has 1 fully saturated rings. The van der Waals surface area contributed by atoms with E-state index >= 15 is 0 Å². The van der Waals surface area contributed by atoms with Crippen molar-refractivity contribution in [2.45, 2.75) is 6.04 Å². The van der Waals surface area contributed by atoms with Crippen molar-refractivity contribution in [1.82, 2.24) is 10.3 Å². The molecule has 0 saturated carbocycles. The highest BCUT2D eigenvalue weighted by Gasteiger charge is 2.15. The lowest BCUT2D eigenvalue weighted by molar-refractivity contribution is 0.0767. The van der Waals surface area contributed by atoms with E-state index in [1.54, 1.807) is 7.11 Å². The highest BCUT2D eigenvalue weighted by Crippen LogP contribution is 2.16. The zero-order valence-corrected chi connectivity index (χ0v) is 9.42. The summed E-state index contributed by atoms with van der Waals surface area (Å²) in [5.74, 6) is 0.644. The van der Waals surface area contributed by atoms with Crippen molar-refractivity contribution in [1.29, 1.82) is 0 Å². The Hall–Kier alpha value is -0.840. The predicted octanol–water partition coefficient (Wildman–Crippen LogP) is 1.17. The first-order chi connectivity index (χ1) is 6.90. The van der Waals surface area contributed by atoms with E-state index in [1.807, 2.05) is 18.3 Å². The molecule has 4 nitrogen and oxygen atoms in total. The summed E-state index contributed by atoms with van der Waals surface area (Å²) in [6.07, 6.45) is 1.82. The summed E-state index contributed by atoms with van der Waals surface area (Å²) in [5, 5.41) is 3.37. The van der Waals surface area contributed by atoms with Gasteiger partial charge in [-0.2, -0.15) is 0 Å². The van der Waals surface area contributed by atoms with Crippen LogP contribution in [0.2, 0.25) is 0 Å². The smallest absolute Gasteiger partial charge is 0.212 e. The summed E-state index contributed by atoms with van der Waals surface area (Å²) in [5.41, 5.74) is 1.14. The van der Waals surface area contributed by atoms with Crippen LogP contribution in [-0.4, -0.2) is 31.9 Å². The molecule has 0 bridgehead atoms. The fourth-order valence-electron chi connectivity index (χ4n) is 1.50. The minimum atomic E-state index is 0. The van der Waals surface area contributed by atoms with Crippen molar-refractivity contribution in [2.75, 3.05) is 26.9 Å². The molecule has 0 spiro atoms. The van der Waals surface area contributed by atoms with Gasteiger partial charge in [0.15, 0.2) is 0 Å². The van der Waals surface area contributed by atoms with E-state index in [2.05, 4.69) is 10.3 Å². The Morgan fingerprint density at radius 3 is 2.93 bits per heavy atom. The van der Waals surface area contributed by atoms with Crippen molar-refractivity contribution >= 4 is 12.4 Å². The summed E-state index contributed by atoms with van der Waals surface area (Å²) >= 11 is 0. The molecule has 1 aliphatic rings. The fourth-order valence-corrected chi connectivity index (χ4v) is 1.50. The second kappa shape index (κ2) is 5.90. The van der Waals surface area contributed by atoms with E-state index in [-0.39, 0.29) is 18.4 Å². The van der Waals surface area contributed by atoms with Crippen molar-refractivity contribution < 1.29 is 9.47 Å². The minimum Gasteiger partial charge on any atom is -0.481 e. The van der Waals surface area contributed by atoms with Gasteiger partial charge in [0.25, 0.3) is 0 Å². The van der Waals surface area contributed by atoms with Gasteiger partial charge >= 0.3 is 0 Å². The molecule has 0 radical (unpaired) electrons. The molecule has 15 heavy (non-hydrogen) atoms. The van der Waals surface area contributed by atoms with Crippen molar-refractivity contribution in [3.8, 4) is 5.88 Å². The van der Waals surface area contributed by atoms with Crippen molar-refractivity contribution in [2.24, 2.45) is 0 Å². The summed E-state index contributed by atoms with van der Waals surface area (Å²) in [6.45, 7) is 2.41. The number of halogens is 1. The molecule has 1 atom stereocenters. The molecule has 2 heterocycles. The molecule has 0 unspecified atom stereocenters. The van der Waals surface area contributed by atoms with E-state index in [0.717, 1.165) is 18.7 Å². The Bertz CT molecular complexity index is 286. The number of hydrogen-bond acceptors (Lipinski definition) is 4. The molecule has 0 amide bonds. The minimum absolute atomic E-state index is 0. The molecular formula is C10H15ClN2O2. The lowest BCUT2D eigenvalue weighted by Crippen LogP contribution is -2.34. The quantitative estimate of drug-likeness (QED) is 0.829. The van der Waals surface area contributed by atoms with Gasteiger partial charge in [-0.1, -0.05) is 6.07 Å². The molecule has 0 aliphatic carbocycles. The Balaban J connectivity index is 0.00000112. The van der Waals surface area contributed by atoms with Crippen LogP contribution in [0.1, 0.15) is 11.6 Å². The number of morpholine rings is 1. The zero-order chi connectivity index (χ0) is 9.80. The number of pyridine rings is 1. The number of nitrogens with one attached hydrogen (secondary N) is 1. The summed E-state index contributed by atoms with van der Waals surface area (Å²) < 4.78 is 10.4. The molecule has 1 aromatic rings. The van der Waals surface area contributed by atoms with Crippen LogP contribution in [0.4, 0.5) is 0 Å². The van der Waals surface area contributed by atoms with Crippen LogP contribution in [0.25, 0.3) is 0 Å². The second-order valence-electron chi connectivity index (χ2n) is 3.22. The number of ether oxygens (including phenoxy) is 2. The van der Waals surface area contributed by atoms with E-state index in [0.29, 0.717) is 12.5 Å². The number of methoxy groups -OCH3 is 1. The lowest BCUT2D eigenvalue weighted by Gasteiger charge is -2.23. The van der Waals surface area contributed by atoms with Gasteiger partial charge in [0.05, 0.1) is 26.4 Å². The molecule has 1 aromatic heterocycles. The first-order valence-electron chi connectivity index (χ1n) is 4.71. The Labute approximate surface area is 95.4 Å². The van der Waals surface area contributed by atoms with E-state index < -0.39 is 0 Å². The summed E-state index contributed by atoms with van der Waals surface area (Å²) in [6, 6.07) is 4.14. The monoisotopic (exact) mass is 230 g/mol. The third-order valence-corrected chi connectivity index (χ3v) is 2.29. The molecule has 5 heteroatoms. The number of hydrogen-bond donors (Lipinski definition) is 1. The first kappa shape index (κ1) is 12.2. The lowest BCUT2D eigenvalue weighted by atomic mass is 10.1. The molecule has 1 saturated heterocycles. The fraction of sp³-hybridized carbons (Fsp3) is 0.500. The molecule has 0 aromatic carbocycles. The number of rotatable bonds is 2. The highest BCUT2D eigenvalue weighted by molar-refractivity contribution is 5.85. The van der Waals surface area contributed by atoms with Crippen LogP contribution < -0.4 is 10.1 Å². The molecular weight excluding hydrogens is 216 g/mol. The van der Waals surface area contributed by atoms with Gasteiger partial charge in [-0.15, -0.1) is 12.4 Å². The summed E-state index contributed by atoms with van der Waals surface area (Å²) in [4.78, 5) is 4.15. The maximum Gasteiger partial charge on any atom is 0.212 e. The van der Waals surface area contributed by atoms with Crippen LogP contribution >= 0.6 is 12.4 Å². The Morgan fingerprint density at radius 2 is 2.40 bits per heavy atom. The Morgan fingerprint density at radius 1 is 1.53 bits per heavy atom. The van der Waals surface area contributed by atoms with Crippen LogP contribution in [0.3, 0.4) is 0 Å². The van der Waals surface area contributed by atoms with Gasteiger partial charge in [0.1, 0.15) is 0 Å². The van der Waals surface area contributed by atoms with Crippen LogP contribution in [0.5, 0.6) is 5.88 Å². The second-order valence-corrected chi connectivity index (χ2v) is 3.22. The average molecular weight is 231 g/mol. The third kappa shape index (κ3) is 3.06. The van der Waals surface area contributed by atoms with Crippen LogP contribution in [0.15, 0.2) is 18.3 Å². The molecule has 1 aliphatic heterocycles. The molecule has 84 valence electrons. The highest BCUT2D eigenvalue weighted by atomic mass is 35.5. The maximum absolute atomic E-state index is 5.37. The summed E-state index contributed by atoms with van der Waals surface area (Å²) in [7, 11) is 1.62. The van der Waals surface area contributed by atoms with Gasteiger partial charge in [-0.3, -0.25) is 0 Å². The zero-order valence-electron chi connectivity index (χ0n) is 8.60. The van der Waals surface area contributed by atoms with E-state index in [1.165, 1.54) is 0 Å². The van der Waals surface area contributed by atoms with Crippen LogP contribution in [-0.2, 0) is 4.74 Å². The predicted molar refractivity (Wildman–Crippen MR) is 59.6 cm³/mol. The van der Waals surface area contributed by atoms with E-state index in [9.17, 15) is 0 Å². The van der Waals surface area contributed by atoms with Gasteiger partial charge in [0, 0.05) is 18.8 Å². The van der Waals surface area contributed by atoms with E-state index in [4.69, 9.17) is 9.47 Å². The molecule has 1 N–H and O–H groups in total. The van der Waals surface area contributed by atoms with Crippen molar-refractivity contribution in [3.63, 3.8) is 0 Å². The average Bonchev–Trinajstić information content (AvgIpc) is 2.30. The standard InChI is InChI=1S/C10H14N2O2.ClH/c1-13-10-3-2-8(6-12-10)9-7-14-5-4-11-9;/h2-3,6,9,11H,4-5,7H2,1H3;1H/t9-;/m0./s1. The Kier molecular flexibility index (Phi) is 4.81.